The maximum atomic E-state index is 13.2. The Morgan fingerprint density at radius 1 is 1.47 bits per heavy atom. The predicted molar refractivity (Wildman–Crippen MR) is 71.6 cm³/mol. The molecule has 1 amide bonds. The molecule has 0 bridgehead atoms. The number of nitrogens with one attached hydrogen (secondary N) is 2. The average Bonchev–Trinajstić information content (AvgIpc) is 2.91. The number of amides is 1. The molecular formula is C12H13FN4OS. The summed E-state index contributed by atoms with van der Waals surface area (Å²) in [6, 6.07) is 1.17. The largest absolute Gasteiger partial charge is 0.370 e. The summed E-state index contributed by atoms with van der Waals surface area (Å²) >= 11 is 1.45. The molecule has 2 aromatic heterocycles. The van der Waals surface area contributed by atoms with Crippen molar-refractivity contribution in [2.24, 2.45) is 0 Å². The summed E-state index contributed by atoms with van der Waals surface area (Å²) in [4.78, 5) is 20.7. The molecule has 7 heteroatoms. The zero-order valence-corrected chi connectivity index (χ0v) is 11.1. The van der Waals surface area contributed by atoms with Crippen molar-refractivity contribution in [2.45, 2.75) is 13.5 Å². The summed E-state index contributed by atoms with van der Waals surface area (Å²) < 4.78 is 13.2. The number of hydrogen-bond acceptors (Lipinski definition) is 5. The molecule has 0 unspecified atom stereocenters. The third-order valence-electron chi connectivity index (χ3n) is 2.35. The number of hydrogen-bond donors (Lipinski definition) is 2. The minimum Gasteiger partial charge on any atom is -0.370 e. The van der Waals surface area contributed by atoms with E-state index in [0.29, 0.717) is 18.9 Å². The van der Waals surface area contributed by atoms with Gasteiger partial charge in [-0.3, -0.25) is 9.78 Å². The van der Waals surface area contributed by atoms with Crippen LogP contribution in [0.25, 0.3) is 0 Å². The lowest BCUT2D eigenvalue weighted by Gasteiger charge is -2.09. The molecule has 0 aliphatic rings. The average molecular weight is 280 g/mol. The lowest BCUT2D eigenvalue weighted by Crippen LogP contribution is -2.24. The van der Waals surface area contributed by atoms with Crippen molar-refractivity contribution >= 4 is 23.1 Å². The van der Waals surface area contributed by atoms with Crippen LogP contribution in [-0.2, 0) is 6.54 Å². The van der Waals surface area contributed by atoms with Gasteiger partial charge in [0.05, 0.1) is 23.8 Å². The van der Waals surface area contributed by atoms with Gasteiger partial charge in [-0.25, -0.2) is 9.37 Å². The highest BCUT2D eigenvalue weighted by atomic mass is 32.1. The highest BCUT2D eigenvalue weighted by molar-refractivity contribution is 7.09. The maximum Gasteiger partial charge on any atom is 0.255 e. The van der Waals surface area contributed by atoms with Gasteiger partial charge in [-0.1, -0.05) is 0 Å². The second-order valence-electron chi connectivity index (χ2n) is 3.73. The predicted octanol–water partition coefficient (Wildman–Crippen LogP) is 2.04. The van der Waals surface area contributed by atoms with Crippen LogP contribution in [0.5, 0.6) is 0 Å². The van der Waals surface area contributed by atoms with Crippen LogP contribution in [0.15, 0.2) is 24.0 Å². The maximum absolute atomic E-state index is 13.2. The molecule has 2 N–H and O–H groups in total. The van der Waals surface area contributed by atoms with E-state index < -0.39 is 5.82 Å². The van der Waals surface area contributed by atoms with Crippen molar-refractivity contribution in [1.82, 2.24) is 15.3 Å². The Kier molecular flexibility index (Phi) is 4.40. The standard InChI is InChI=1S/C12H13FN4OS/c1-2-15-11-10(3-8(13)4-16-11)12(18)17-6-9-5-14-7-19-9/h3-5,7H,2,6H2,1H3,(H,15,16)(H,17,18). The van der Waals surface area contributed by atoms with Crippen molar-refractivity contribution in [3.05, 3.63) is 40.2 Å². The lowest BCUT2D eigenvalue weighted by atomic mass is 10.2. The number of pyridine rings is 1. The second kappa shape index (κ2) is 6.24. The van der Waals surface area contributed by atoms with Gasteiger partial charge in [0.2, 0.25) is 0 Å². The number of carbonyl (C=O) groups is 1. The van der Waals surface area contributed by atoms with Crippen molar-refractivity contribution < 1.29 is 9.18 Å². The number of nitrogens with zero attached hydrogens (tertiary/aromatic N) is 2. The lowest BCUT2D eigenvalue weighted by molar-refractivity contribution is 0.0951. The molecule has 0 saturated heterocycles. The molecule has 19 heavy (non-hydrogen) atoms. The quantitative estimate of drug-likeness (QED) is 0.879. The van der Waals surface area contributed by atoms with Gasteiger partial charge in [0.15, 0.2) is 0 Å². The first-order valence-corrected chi connectivity index (χ1v) is 6.63. The van der Waals surface area contributed by atoms with Gasteiger partial charge < -0.3 is 10.6 Å². The fourth-order valence-corrected chi connectivity index (χ4v) is 2.05. The number of anilines is 1. The molecule has 2 rings (SSSR count). The summed E-state index contributed by atoms with van der Waals surface area (Å²) in [7, 11) is 0. The van der Waals surface area contributed by atoms with E-state index in [1.807, 2.05) is 6.92 Å². The number of thiazole rings is 1. The van der Waals surface area contributed by atoms with Gasteiger partial charge in [-0.15, -0.1) is 11.3 Å². The number of rotatable bonds is 5. The molecule has 100 valence electrons. The Balaban J connectivity index is 2.11. The molecule has 0 aliphatic heterocycles. The van der Waals surface area contributed by atoms with Crippen LogP contribution in [0, 0.1) is 5.82 Å². The van der Waals surface area contributed by atoms with E-state index in [1.165, 1.54) is 17.4 Å². The Morgan fingerprint density at radius 3 is 3.00 bits per heavy atom. The van der Waals surface area contributed by atoms with Gasteiger partial charge in [-0.2, -0.15) is 0 Å². The Hall–Kier alpha value is -2.02. The minimum absolute atomic E-state index is 0.200. The summed E-state index contributed by atoms with van der Waals surface area (Å²) in [6.07, 6.45) is 2.76. The summed E-state index contributed by atoms with van der Waals surface area (Å²) in [5.74, 6) is -0.522. The van der Waals surface area contributed by atoms with E-state index >= 15 is 0 Å². The van der Waals surface area contributed by atoms with Crippen molar-refractivity contribution in [3.8, 4) is 0 Å². The molecule has 0 atom stereocenters. The van der Waals surface area contributed by atoms with Crippen molar-refractivity contribution in [3.63, 3.8) is 0 Å². The van der Waals surface area contributed by atoms with Crippen LogP contribution < -0.4 is 10.6 Å². The Morgan fingerprint density at radius 2 is 2.32 bits per heavy atom. The topological polar surface area (TPSA) is 66.9 Å². The van der Waals surface area contributed by atoms with Gasteiger partial charge in [0.25, 0.3) is 5.91 Å². The zero-order valence-electron chi connectivity index (χ0n) is 10.3. The third-order valence-corrected chi connectivity index (χ3v) is 3.13. The SMILES string of the molecule is CCNc1ncc(F)cc1C(=O)NCc1cncs1. The molecule has 0 saturated carbocycles. The van der Waals surface area contributed by atoms with Crippen LogP contribution >= 0.6 is 11.3 Å². The zero-order chi connectivity index (χ0) is 13.7. The molecule has 5 nitrogen and oxygen atoms in total. The van der Waals surface area contributed by atoms with Gasteiger partial charge in [-0.05, 0) is 13.0 Å². The monoisotopic (exact) mass is 280 g/mol. The van der Waals surface area contributed by atoms with Crippen LogP contribution in [0.3, 0.4) is 0 Å². The minimum atomic E-state index is -0.537. The van der Waals surface area contributed by atoms with Crippen LogP contribution in [0.4, 0.5) is 10.2 Å². The van der Waals surface area contributed by atoms with Gasteiger partial charge >= 0.3 is 0 Å². The summed E-state index contributed by atoms with van der Waals surface area (Å²) in [5.41, 5.74) is 1.89. The van der Waals surface area contributed by atoms with E-state index in [0.717, 1.165) is 11.1 Å². The first kappa shape index (κ1) is 13.4. The Bertz CT molecular complexity index is 559. The van der Waals surface area contributed by atoms with Crippen molar-refractivity contribution in [2.75, 3.05) is 11.9 Å². The highest BCUT2D eigenvalue weighted by Crippen LogP contribution is 2.14. The van der Waals surface area contributed by atoms with Gasteiger partial charge in [0, 0.05) is 17.6 Å². The molecule has 0 spiro atoms. The van der Waals surface area contributed by atoms with Crippen molar-refractivity contribution in [1.29, 1.82) is 0 Å². The van der Waals surface area contributed by atoms with Crippen LogP contribution in [-0.4, -0.2) is 22.4 Å². The highest BCUT2D eigenvalue weighted by Gasteiger charge is 2.13. The summed E-state index contributed by atoms with van der Waals surface area (Å²) in [5, 5.41) is 5.64. The molecule has 0 aromatic carbocycles. The first-order valence-electron chi connectivity index (χ1n) is 5.75. The third kappa shape index (κ3) is 3.47. The second-order valence-corrected chi connectivity index (χ2v) is 4.70. The van der Waals surface area contributed by atoms with E-state index in [4.69, 9.17) is 0 Å². The molecule has 2 heterocycles. The molecular weight excluding hydrogens is 267 g/mol. The van der Waals surface area contributed by atoms with Gasteiger partial charge in [0.1, 0.15) is 11.6 Å². The number of halogens is 1. The Labute approximate surface area is 113 Å². The summed E-state index contributed by atoms with van der Waals surface area (Å²) in [6.45, 7) is 2.85. The van der Waals surface area contributed by atoms with Crippen LogP contribution in [0.2, 0.25) is 0 Å². The molecule has 2 aromatic rings. The number of carbonyl (C=O) groups excluding carboxylic acids is 1. The van der Waals surface area contributed by atoms with E-state index in [1.54, 1.807) is 11.7 Å². The van der Waals surface area contributed by atoms with Crippen LogP contribution in [0.1, 0.15) is 22.2 Å². The molecule has 0 fully saturated rings. The fourth-order valence-electron chi connectivity index (χ4n) is 1.51. The molecule has 0 aliphatic carbocycles. The first-order chi connectivity index (χ1) is 9.20. The fraction of sp³-hybridized carbons (Fsp3) is 0.250. The molecule has 0 radical (unpaired) electrons. The van der Waals surface area contributed by atoms with E-state index in [9.17, 15) is 9.18 Å². The normalized spacial score (nSPS) is 10.2. The van der Waals surface area contributed by atoms with E-state index in [-0.39, 0.29) is 11.5 Å². The number of aromatic nitrogens is 2. The van der Waals surface area contributed by atoms with E-state index in [2.05, 4.69) is 20.6 Å². The smallest absolute Gasteiger partial charge is 0.255 e.